The number of hydrazine groups is 1. The Balaban J connectivity index is 1.57. The highest BCUT2D eigenvalue weighted by Gasteiger charge is 2.20. The van der Waals surface area contributed by atoms with E-state index in [1.54, 1.807) is 16.8 Å². The van der Waals surface area contributed by atoms with Crippen LogP contribution in [0.3, 0.4) is 0 Å². The number of para-hydroxylation sites is 1. The molecule has 0 aliphatic heterocycles. The van der Waals surface area contributed by atoms with E-state index in [1.807, 2.05) is 60.7 Å². The van der Waals surface area contributed by atoms with Crippen LogP contribution in [0, 0.1) is 0 Å². The Morgan fingerprint density at radius 1 is 0.818 bits per heavy atom. The minimum absolute atomic E-state index is 0.0975. The van der Waals surface area contributed by atoms with Crippen molar-refractivity contribution in [3.8, 4) is 28.6 Å². The van der Waals surface area contributed by atoms with Crippen LogP contribution in [0.5, 0.6) is 11.5 Å². The number of nitrogens with one attached hydrogen (secondary N) is 2. The standard InChI is InChI=1S/C24H21N5O4/c1-32-18-13-14-19(20(15-18)33-2)23(30)26-27-24(31)21-25-22(16-9-5-3-6-10-16)29(28-21)17-11-7-4-8-12-17/h3-15H,1-2H3,(H,26,30)(H,27,31). The first-order valence-corrected chi connectivity index (χ1v) is 10.0. The number of nitrogens with zero attached hydrogens (tertiary/aromatic N) is 3. The lowest BCUT2D eigenvalue weighted by Gasteiger charge is -2.10. The lowest BCUT2D eigenvalue weighted by molar-refractivity contribution is 0.0839. The number of hydrogen-bond donors (Lipinski definition) is 2. The molecular weight excluding hydrogens is 422 g/mol. The predicted molar refractivity (Wildman–Crippen MR) is 121 cm³/mol. The van der Waals surface area contributed by atoms with Crippen molar-refractivity contribution in [3.05, 3.63) is 90.3 Å². The summed E-state index contributed by atoms with van der Waals surface area (Å²) in [4.78, 5) is 29.7. The van der Waals surface area contributed by atoms with Gasteiger partial charge in [-0.25, -0.2) is 9.67 Å². The van der Waals surface area contributed by atoms with E-state index in [2.05, 4.69) is 20.9 Å². The Bertz CT molecular complexity index is 1220. The second-order valence-electron chi connectivity index (χ2n) is 6.85. The zero-order chi connectivity index (χ0) is 23.2. The molecule has 1 heterocycles. The molecular formula is C24H21N5O4. The molecule has 0 radical (unpaired) electrons. The van der Waals surface area contributed by atoms with Gasteiger partial charge in [-0.1, -0.05) is 48.5 Å². The molecule has 166 valence electrons. The third kappa shape index (κ3) is 4.67. The third-order valence-corrected chi connectivity index (χ3v) is 4.79. The largest absolute Gasteiger partial charge is 0.497 e. The zero-order valence-corrected chi connectivity index (χ0v) is 18.0. The average Bonchev–Trinajstić information content (AvgIpc) is 3.33. The van der Waals surface area contributed by atoms with Gasteiger partial charge in [0.1, 0.15) is 11.5 Å². The average molecular weight is 443 g/mol. The fourth-order valence-electron chi connectivity index (χ4n) is 3.15. The number of carbonyl (C=O) groups is 2. The molecule has 4 aromatic rings. The zero-order valence-electron chi connectivity index (χ0n) is 18.0. The molecule has 33 heavy (non-hydrogen) atoms. The van der Waals surface area contributed by atoms with Crippen LogP contribution >= 0.6 is 0 Å². The van der Waals surface area contributed by atoms with E-state index in [1.165, 1.54) is 20.3 Å². The molecule has 3 aromatic carbocycles. The molecule has 9 nitrogen and oxygen atoms in total. The normalized spacial score (nSPS) is 10.4. The molecule has 0 aliphatic carbocycles. The van der Waals surface area contributed by atoms with Crippen LogP contribution in [-0.4, -0.2) is 40.8 Å². The van der Waals surface area contributed by atoms with Crippen LogP contribution in [0.4, 0.5) is 0 Å². The molecule has 9 heteroatoms. The van der Waals surface area contributed by atoms with E-state index in [0.29, 0.717) is 17.3 Å². The SMILES string of the molecule is COc1ccc(C(=O)NNC(=O)c2nc(-c3ccccc3)n(-c3ccccc3)n2)c(OC)c1. The van der Waals surface area contributed by atoms with E-state index in [0.717, 1.165) is 11.3 Å². The van der Waals surface area contributed by atoms with Crippen LogP contribution < -0.4 is 20.3 Å². The number of carbonyl (C=O) groups excluding carboxylic acids is 2. The number of ether oxygens (including phenoxy) is 2. The first kappa shape index (κ1) is 21.6. The van der Waals surface area contributed by atoms with Crippen LogP contribution in [0.25, 0.3) is 17.1 Å². The first-order chi connectivity index (χ1) is 16.1. The Labute approximate surface area is 190 Å². The molecule has 1 aromatic heterocycles. The number of amides is 2. The maximum Gasteiger partial charge on any atom is 0.309 e. The summed E-state index contributed by atoms with van der Waals surface area (Å²) in [7, 11) is 2.95. The van der Waals surface area contributed by atoms with Crippen molar-refractivity contribution in [1.82, 2.24) is 25.6 Å². The second-order valence-corrected chi connectivity index (χ2v) is 6.85. The number of rotatable bonds is 6. The fraction of sp³-hybridized carbons (Fsp3) is 0.0833. The quantitative estimate of drug-likeness (QED) is 0.444. The monoisotopic (exact) mass is 443 g/mol. The van der Waals surface area contributed by atoms with E-state index in [9.17, 15) is 9.59 Å². The molecule has 0 aliphatic rings. The molecule has 0 spiro atoms. The number of methoxy groups -OCH3 is 2. The number of benzene rings is 3. The summed E-state index contributed by atoms with van der Waals surface area (Å²) in [5.41, 5.74) is 6.49. The summed E-state index contributed by atoms with van der Waals surface area (Å²) in [5, 5.41) is 4.36. The summed E-state index contributed by atoms with van der Waals surface area (Å²) in [5.74, 6) is 0.0154. The van der Waals surface area contributed by atoms with Gasteiger partial charge in [-0.05, 0) is 24.3 Å². The first-order valence-electron chi connectivity index (χ1n) is 10.0. The van der Waals surface area contributed by atoms with Gasteiger partial charge in [0.05, 0.1) is 25.5 Å². The second kappa shape index (κ2) is 9.65. The van der Waals surface area contributed by atoms with Gasteiger partial charge in [0, 0.05) is 11.6 Å². The molecule has 4 rings (SSSR count). The smallest absolute Gasteiger partial charge is 0.309 e. The van der Waals surface area contributed by atoms with Crippen LogP contribution in [0.1, 0.15) is 21.0 Å². The van der Waals surface area contributed by atoms with Crippen molar-refractivity contribution in [2.45, 2.75) is 0 Å². The topological polar surface area (TPSA) is 107 Å². The summed E-state index contributed by atoms with van der Waals surface area (Å²) >= 11 is 0. The van der Waals surface area contributed by atoms with E-state index in [4.69, 9.17) is 9.47 Å². The molecule has 0 saturated heterocycles. The van der Waals surface area contributed by atoms with Crippen LogP contribution in [0.15, 0.2) is 78.9 Å². The number of hydrogen-bond acceptors (Lipinski definition) is 6. The van der Waals surface area contributed by atoms with Crippen LogP contribution in [-0.2, 0) is 0 Å². The lowest BCUT2D eigenvalue weighted by Crippen LogP contribution is -2.42. The molecule has 2 amide bonds. The highest BCUT2D eigenvalue weighted by molar-refractivity contribution is 5.99. The predicted octanol–water partition coefficient (Wildman–Crippen LogP) is 3.03. The van der Waals surface area contributed by atoms with Gasteiger partial charge in [0.2, 0.25) is 5.82 Å². The number of aromatic nitrogens is 3. The van der Waals surface area contributed by atoms with E-state index in [-0.39, 0.29) is 11.4 Å². The molecule has 0 atom stereocenters. The molecule has 2 N–H and O–H groups in total. The van der Waals surface area contributed by atoms with Crippen molar-refractivity contribution in [2.75, 3.05) is 14.2 Å². The minimum atomic E-state index is -0.664. The van der Waals surface area contributed by atoms with Crippen molar-refractivity contribution >= 4 is 11.8 Å². The third-order valence-electron chi connectivity index (χ3n) is 4.79. The van der Waals surface area contributed by atoms with Gasteiger partial charge in [-0.2, -0.15) is 0 Å². The van der Waals surface area contributed by atoms with Crippen molar-refractivity contribution in [2.24, 2.45) is 0 Å². The molecule has 0 saturated carbocycles. The maximum absolute atomic E-state index is 12.7. The Hall–Kier alpha value is -4.66. The van der Waals surface area contributed by atoms with E-state index >= 15 is 0 Å². The molecule has 0 fully saturated rings. The summed E-state index contributed by atoms with van der Waals surface area (Å²) in [6.07, 6.45) is 0. The Morgan fingerprint density at radius 2 is 1.48 bits per heavy atom. The van der Waals surface area contributed by atoms with Crippen LogP contribution in [0.2, 0.25) is 0 Å². The van der Waals surface area contributed by atoms with E-state index < -0.39 is 11.8 Å². The van der Waals surface area contributed by atoms with Gasteiger partial charge < -0.3 is 9.47 Å². The summed E-state index contributed by atoms with van der Waals surface area (Å²) in [6, 6.07) is 23.5. The molecule has 0 unspecified atom stereocenters. The van der Waals surface area contributed by atoms with Gasteiger partial charge in [0.15, 0.2) is 5.82 Å². The van der Waals surface area contributed by atoms with Gasteiger partial charge >= 0.3 is 5.91 Å². The minimum Gasteiger partial charge on any atom is -0.497 e. The summed E-state index contributed by atoms with van der Waals surface area (Å²) in [6.45, 7) is 0. The lowest BCUT2D eigenvalue weighted by atomic mass is 10.2. The van der Waals surface area contributed by atoms with Gasteiger partial charge in [-0.15, -0.1) is 5.10 Å². The fourth-order valence-corrected chi connectivity index (χ4v) is 3.15. The Morgan fingerprint density at radius 3 is 2.15 bits per heavy atom. The van der Waals surface area contributed by atoms with Crippen molar-refractivity contribution < 1.29 is 19.1 Å². The van der Waals surface area contributed by atoms with Crippen molar-refractivity contribution in [3.63, 3.8) is 0 Å². The highest BCUT2D eigenvalue weighted by Crippen LogP contribution is 2.24. The van der Waals surface area contributed by atoms with Gasteiger partial charge in [-0.3, -0.25) is 20.4 Å². The van der Waals surface area contributed by atoms with Crippen molar-refractivity contribution in [1.29, 1.82) is 0 Å². The van der Waals surface area contributed by atoms with Gasteiger partial charge in [0.25, 0.3) is 5.91 Å². The maximum atomic E-state index is 12.7. The molecule has 0 bridgehead atoms. The Kier molecular flexibility index (Phi) is 6.31. The highest BCUT2D eigenvalue weighted by atomic mass is 16.5. The summed E-state index contributed by atoms with van der Waals surface area (Å²) < 4.78 is 12.0.